The maximum Gasteiger partial charge on any atom is 0.229 e. The van der Waals surface area contributed by atoms with E-state index < -0.39 is 10.0 Å². The van der Waals surface area contributed by atoms with Gasteiger partial charge in [-0.05, 0) is 86.6 Å². The lowest BCUT2D eigenvalue weighted by molar-refractivity contribution is 0.417. The number of thiocarbonyl (C=S) groups is 1. The summed E-state index contributed by atoms with van der Waals surface area (Å²) in [6, 6.07) is 16.8. The Hall–Kier alpha value is -3.96. The average molecular weight is 563 g/mol. The molecule has 0 saturated carbocycles. The van der Waals surface area contributed by atoms with Crippen molar-refractivity contribution >= 4 is 38.7 Å². The van der Waals surface area contributed by atoms with Crippen molar-refractivity contribution in [3.8, 4) is 11.6 Å². The van der Waals surface area contributed by atoms with E-state index in [1.807, 2.05) is 48.4 Å². The molecule has 2 N–H and O–H groups in total. The van der Waals surface area contributed by atoms with Crippen LogP contribution in [0.5, 0.6) is 5.75 Å². The van der Waals surface area contributed by atoms with E-state index in [1.165, 1.54) is 7.11 Å². The molecular weight excluding hydrogens is 532 g/mol. The van der Waals surface area contributed by atoms with Gasteiger partial charge in [0, 0.05) is 35.5 Å². The van der Waals surface area contributed by atoms with Gasteiger partial charge in [0.2, 0.25) is 10.0 Å². The number of sulfonamides is 1. The van der Waals surface area contributed by atoms with Crippen LogP contribution in [-0.2, 0) is 10.0 Å². The summed E-state index contributed by atoms with van der Waals surface area (Å²) in [7, 11) is -1.98. The van der Waals surface area contributed by atoms with E-state index in [9.17, 15) is 8.42 Å². The zero-order valence-corrected chi connectivity index (χ0v) is 24.0. The van der Waals surface area contributed by atoms with Crippen LogP contribution >= 0.6 is 12.2 Å². The first-order chi connectivity index (χ1) is 18.6. The molecule has 1 fully saturated rings. The summed E-state index contributed by atoms with van der Waals surface area (Å²) >= 11 is 5.89. The van der Waals surface area contributed by atoms with Crippen LogP contribution in [0.1, 0.15) is 40.3 Å². The number of pyridine rings is 2. The molecule has 0 radical (unpaired) electrons. The van der Waals surface area contributed by atoms with Crippen molar-refractivity contribution in [1.82, 2.24) is 19.9 Å². The molecule has 11 heteroatoms. The summed E-state index contributed by atoms with van der Waals surface area (Å²) in [6.45, 7) is 6.20. The van der Waals surface area contributed by atoms with Gasteiger partial charge in [0.05, 0.1) is 36.8 Å². The SMILES string of the molecule is COc1cc(N2C(=S)N[C@@H](c3ccccn3)[C@H]2c2cc(C)n(-c3cc(C)ccn3)c2C)ccc1NS(C)(=O)=O. The quantitative estimate of drug-likeness (QED) is 0.311. The maximum absolute atomic E-state index is 11.9. The molecule has 1 aliphatic rings. The van der Waals surface area contributed by atoms with Crippen LogP contribution in [0.15, 0.2) is 67.0 Å². The van der Waals surface area contributed by atoms with E-state index in [0.717, 1.165) is 46.0 Å². The number of nitrogens with zero attached hydrogens (tertiary/aromatic N) is 4. The third-order valence-corrected chi connectivity index (χ3v) is 7.68. The van der Waals surface area contributed by atoms with Crippen molar-refractivity contribution in [2.24, 2.45) is 0 Å². The predicted octanol–water partition coefficient (Wildman–Crippen LogP) is 4.75. The molecule has 1 aliphatic heterocycles. The Balaban J connectivity index is 1.67. The molecule has 0 spiro atoms. The normalized spacial score (nSPS) is 17.3. The molecule has 0 aliphatic carbocycles. The highest BCUT2D eigenvalue weighted by molar-refractivity contribution is 7.92. The fraction of sp³-hybridized carbons (Fsp3) is 0.250. The van der Waals surface area contributed by atoms with E-state index in [2.05, 4.69) is 50.6 Å². The van der Waals surface area contributed by atoms with Crippen molar-refractivity contribution in [1.29, 1.82) is 0 Å². The zero-order valence-electron chi connectivity index (χ0n) is 22.3. The Morgan fingerprint density at radius 2 is 1.82 bits per heavy atom. The molecule has 0 unspecified atom stereocenters. The number of aryl methyl sites for hydroxylation is 2. The van der Waals surface area contributed by atoms with Gasteiger partial charge in [0.25, 0.3) is 0 Å². The van der Waals surface area contributed by atoms with Crippen LogP contribution in [-0.4, -0.2) is 41.4 Å². The van der Waals surface area contributed by atoms with Crippen LogP contribution in [0, 0.1) is 20.8 Å². The van der Waals surface area contributed by atoms with E-state index in [1.54, 1.807) is 18.3 Å². The minimum Gasteiger partial charge on any atom is -0.494 e. The maximum atomic E-state index is 11.9. The first kappa shape index (κ1) is 26.6. The van der Waals surface area contributed by atoms with E-state index in [4.69, 9.17) is 17.0 Å². The highest BCUT2D eigenvalue weighted by atomic mass is 32.2. The van der Waals surface area contributed by atoms with Crippen LogP contribution in [0.3, 0.4) is 0 Å². The highest BCUT2D eigenvalue weighted by Gasteiger charge is 2.42. The van der Waals surface area contributed by atoms with Crippen LogP contribution in [0.25, 0.3) is 5.82 Å². The van der Waals surface area contributed by atoms with Crippen molar-refractivity contribution < 1.29 is 13.2 Å². The lowest BCUT2D eigenvalue weighted by Gasteiger charge is -2.28. The lowest BCUT2D eigenvalue weighted by Crippen LogP contribution is -2.29. The first-order valence-electron chi connectivity index (χ1n) is 12.4. The van der Waals surface area contributed by atoms with Gasteiger partial charge in [0.1, 0.15) is 11.6 Å². The molecule has 39 heavy (non-hydrogen) atoms. The van der Waals surface area contributed by atoms with E-state index >= 15 is 0 Å². The summed E-state index contributed by atoms with van der Waals surface area (Å²) in [6.07, 6.45) is 4.69. The minimum absolute atomic E-state index is 0.238. The summed E-state index contributed by atoms with van der Waals surface area (Å²) in [5.41, 5.74) is 6.23. The lowest BCUT2D eigenvalue weighted by atomic mass is 9.96. The molecule has 1 aromatic carbocycles. The van der Waals surface area contributed by atoms with E-state index in [-0.39, 0.29) is 12.1 Å². The molecule has 2 atom stereocenters. The van der Waals surface area contributed by atoms with Crippen molar-refractivity contribution in [2.45, 2.75) is 32.9 Å². The fourth-order valence-electron chi connectivity index (χ4n) is 5.14. The number of anilines is 2. The van der Waals surface area contributed by atoms with Crippen molar-refractivity contribution in [3.05, 3.63) is 95.2 Å². The predicted molar refractivity (Wildman–Crippen MR) is 157 cm³/mol. The van der Waals surface area contributed by atoms with Gasteiger partial charge >= 0.3 is 0 Å². The molecule has 3 aromatic heterocycles. The Kier molecular flexibility index (Phi) is 7.04. The summed E-state index contributed by atoms with van der Waals surface area (Å²) in [5.74, 6) is 1.23. The average Bonchev–Trinajstić information content (AvgIpc) is 3.38. The molecular formula is C28H30N6O3S2. The van der Waals surface area contributed by atoms with Gasteiger partial charge in [-0.25, -0.2) is 13.4 Å². The number of benzene rings is 1. The van der Waals surface area contributed by atoms with Crippen LogP contribution < -0.4 is 19.7 Å². The fourth-order valence-corrected chi connectivity index (χ4v) is 6.06. The topological polar surface area (TPSA) is 101 Å². The van der Waals surface area contributed by atoms with E-state index in [0.29, 0.717) is 16.5 Å². The third kappa shape index (κ3) is 5.19. The van der Waals surface area contributed by atoms with Crippen LogP contribution in [0.2, 0.25) is 0 Å². The second-order valence-electron chi connectivity index (χ2n) is 9.61. The third-order valence-electron chi connectivity index (χ3n) is 6.78. The van der Waals surface area contributed by atoms with Gasteiger partial charge in [-0.15, -0.1) is 0 Å². The largest absolute Gasteiger partial charge is 0.494 e. The van der Waals surface area contributed by atoms with Crippen molar-refractivity contribution in [3.63, 3.8) is 0 Å². The number of ether oxygens (including phenoxy) is 1. The van der Waals surface area contributed by atoms with Gasteiger partial charge in [-0.3, -0.25) is 9.71 Å². The first-order valence-corrected chi connectivity index (χ1v) is 14.7. The Labute approximate surface area is 233 Å². The molecule has 5 rings (SSSR count). The molecule has 0 amide bonds. The number of hydrogen-bond acceptors (Lipinski definition) is 6. The summed E-state index contributed by atoms with van der Waals surface area (Å²) in [5, 5.41) is 4.01. The smallest absolute Gasteiger partial charge is 0.229 e. The summed E-state index contributed by atoms with van der Waals surface area (Å²) < 4.78 is 34.0. The Morgan fingerprint density at radius 1 is 1.03 bits per heavy atom. The monoisotopic (exact) mass is 562 g/mol. The molecule has 1 saturated heterocycles. The molecule has 9 nitrogen and oxygen atoms in total. The molecule has 0 bridgehead atoms. The standard InChI is InChI=1S/C28H30N6O3S2/c1-17-11-13-30-25(14-17)33-18(2)15-21(19(33)3)27-26(23-8-6-7-12-29-23)31-28(38)34(27)20-9-10-22(24(16-20)37-4)32-39(5,35)36/h6-16,26-27,32H,1-5H3,(H,31,38)/t26-,27+/m0/s1. The molecule has 4 aromatic rings. The van der Waals surface area contributed by atoms with Crippen LogP contribution in [0.4, 0.5) is 11.4 Å². The molecule has 202 valence electrons. The van der Waals surface area contributed by atoms with Gasteiger partial charge in [-0.1, -0.05) is 6.07 Å². The zero-order chi connectivity index (χ0) is 27.9. The highest BCUT2D eigenvalue weighted by Crippen LogP contribution is 2.45. The van der Waals surface area contributed by atoms with Gasteiger partial charge < -0.3 is 19.5 Å². The molecule has 4 heterocycles. The van der Waals surface area contributed by atoms with Gasteiger partial charge in [-0.2, -0.15) is 0 Å². The number of methoxy groups -OCH3 is 1. The van der Waals surface area contributed by atoms with Gasteiger partial charge in [0.15, 0.2) is 5.11 Å². The minimum atomic E-state index is -3.49. The number of hydrogen-bond donors (Lipinski definition) is 2. The summed E-state index contributed by atoms with van der Waals surface area (Å²) in [4.78, 5) is 11.3. The second kappa shape index (κ2) is 10.3. The Bertz CT molecular complexity index is 1650. The van der Waals surface area contributed by atoms with Crippen molar-refractivity contribution in [2.75, 3.05) is 23.0 Å². The number of rotatable bonds is 7. The number of aromatic nitrogens is 3. The number of nitrogens with one attached hydrogen (secondary N) is 2. The second-order valence-corrected chi connectivity index (χ2v) is 11.7. The Morgan fingerprint density at radius 3 is 2.49 bits per heavy atom.